The quantitative estimate of drug-likeness (QED) is 0.499. The van der Waals surface area contributed by atoms with E-state index in [1.165, 1.54) is 11.6 Å². The van der Waals surface area contributed by atoms with E-state index >= 15 is 0 Å². The molecule has 0 unspecified atom stereocenters. The summed E-state index contributed by atoms with van der Waals surface area (Å²) in [5.74, 6) is 0.461. The summed E-state index contributed by atoms with van der Waals surface area (Å²) in [6, 6.07) is 16.9. The first-order chi connectivity index (χ1) is 13.3. The molecule has 0 amide bonds. The van der Waals surface area contributed by atoms with E-state index in [9.17, 15) is 4.39 Å². The summed E-state index contributed by atoms with van der Waals surface area (Å²) in [5.41, 5.74) is 2.85. The Hall–Kier alpha value is -3.15. The highest BCUT2D eigenvalue weighted by Crippen LogP contribution is 2.09. The Morgan fingerprint density at radius 3 is 2.59 bits per heavy atom. The molecule has 27 heavy (non-hydrogen) atoms. The Labute approximate surface area is 159 Å². The van der Waals surface area contributed by atoms with E-state index in [1.54, 1.807) is 18.3 Å². The van der Waals surface area contributed by atoms with Crippen molar-refractivity contribution in [2.45, 2.75) is 19.9 Å². The molecule has 3 rings (SSSR count). The van der Waals surface area contributed by atoms with Gasteiger partial charge < -0.3 is 10.6 Å². The van der Waals surface area contributed by atoms with Crippen LogP contribution in [0.25, 0.3) is 5.69 Å². The van der Waals surface area contributed by atoms with E-state index < -0.39 is 0 Å². The van der Waals surface area contributed by atoms with Gasteiger partial charge in [0, 0.05) is 31.0 Å². The van der Waals surface area contributed by atoms with E-state index in [-0.39, 0.29) is 5.82 Å². The molecule has 0 spiro atoms. The smallest absolute Gasteiger partial charge is 0.191 e. The van der Waals surface area contributed by atoms with E-state index in [4.69, 9.17) is 0 Å². The summed E-state index contributed by atoms with van der Waals surface area (Å²) < 4.78 is 15.6. The first-order valence-corrected chi connectivity index (χ1v) is 9.11. The fraction of sp³-hybridized carbons (Fsp3) is 0.238. The lowest BCUT2D eigenvalue weighted by Crippen LogP contribution is -2.38. The Bertz CT molecular complexity index is 857. The van der Waals surface area contributed by atoms with Gasteiger partial charge in [0.15, 0.2) is 5.96 Å². The summed E-state index contributed by atoms with van der Waals surface area (Å²) in [7, 11) is 0. The zero-order chi connectivity index (χ0) is 18.9. The van der Waals surface area contributed by atoms with Gasteiger partial charge in [0.2, 0.25) is 0 Å². The third-order valence-electron chi connectivity index (χ3n) is 4.12. The van der Waals surface area contributed by atoms with Crippen molar-refractivity contribution in [2.24, 2.45) is 4.99 Å². The molecule has 5 nitrogen and oxygen atoms in total. The summed E-state index contributed by atoms with van der Waals surface area (Å²) in [4.78, 5) is 4.47. The minimum Gasteiger partial charge on any atom is -0.357 e. The molecule has 0 fully saturated rings. The van der Waals surface area contributed by atoms with Crippen LogP contribution in [0.3, 0.4) is 0 Å². The molecule has 140 valence electrons. The van der Waals surface area contributed by atoms with Crippen molar-refractivity contribution in [3.05, 3.63) is 83.9 Å². The molecular weight excluding hydrogens is 341 g/mol. The minimum absolute atomic E-state index is 0.227. The highest BCUT2D eigenvalue weighted by molar-refractivity contribution is 5.79. The van der Waals surface area contributed by atoms with Gasteiger partial charge in [-0.05, 0) is 43.2 Å². The number of benzene rings is 2. The van der Waals surface area contributed by atoms with E-state index in [0.717, 1.165) is 25.2 Å². The van der Waals surface area contributed by atoms with E-state index in [0.29, 0.717) is 18.1 Å². The molecule has 0 bridgehead atoms. The van der Waals surface area contributed by atoms with Crippen LogP contribution < -0.4 is 10.6 Å². The highest BCUT2D eigenvalue weighted by atomic mass is 19.1. The topological polar surface area (TPSA) is 54.2 Å². The molecule has 0 saturated heterocycles. The van der Waals surface area contributed by atoms with Crippen LogP contribution in [-0.4, -0.2) is 28.8 Å². The molecule has 2 N–H and O–H groups in total. The van der Waals surface area contributed by atoms with Crippen LogP contribution in [-0.2, 0) is 13.0 Å². The average molecular weight is 365 g/mol. The van der Waals surface area contributed by atoms with Crippen molar-refractivity contribution in [3.63, 3.8) is 0 Å². The van der Waals surface area contributed by atoms with Gasteiger partial charge in [-0.3, -0.25) is 0 Å². The Balaban J connectivity index is 1.53. The first kappa shape index (κ1) is 18.6. The van der Waals surface area contributed by atoms with Crippen molar-refractivity contribution in [2.75, 3.05) is 13.1 Å². The van der Waals surface area contributed by atoms with Crippen LogP contribution in [0, 0.1) is 5.82 Å². The predicted octanol–water partition coefficient (Wildman–Crippen LogP) is 3.31. The van der Waals surface area contributed by atoms with Crippen LogP contribution in [0.4, 0.5) is 4.39 Å². The van der Waals surface area contributed by atoms with Crippen LogP contribution in [0.2, 0.25) is 0 Å². The number of rotatable bonds is 7. The Kier molecular flexibility index (Phi) is 6.57. The van der Waals surface area contributed by atoms with E-state index in [1.807, 2.05) is 29.9 Å². The van der Waals surface area contributed by atoms with Gasteiger partial charge in [-0.15, -0.1) is 0 Å². The van der Waals surface area contributed by atoms with Crippen LogP contribution in [0.5, 0.6) is 0 Å². The van der Waals surface area contributed by atoms with Gasteiger partial charge in [-0.1, -0.05) is 30.3 Å². The van der Waals surface area contributed by atoms with Crippen LogP contribution in [0.1, 0.15) is 18.1 Å². The van der Waals surface area contributed by atoms with Crippen molar-refractivity contribution < 1.29 is 4.39 Å². The molecule has 0 atom stereocenters. The molecule has 0 radical (unpaired) electrons. The molecule has 1 aromatic heterocycles. The zero-order valence-electron chi connectivity index (χ0n) is 15.4. The van der Waals surface area contributed by atoms with E-state index in [2.05, 4.69) is 45.0 Å². The number of halogens is 1. The van der Waals surface area contributed by atoms with Gasteiger partial charge in [-0.2, -0.15) is 5.10 Å². The second kappa shape index (κ2) is 9.52. The summed E-state index contributed by atoms with van der Waals surface area (Å²) >= 11 is 0. The van der Waals surface area contributed by atoms with Crippen molar-refractivity contribution in [1.82, 2.24) is 20.4 Å². The molecule has 3 aromatic rings. The Morgan fingerprint density at radius 1 is 1.07 bits per heavy atom. The minimum atomic E-state index is -0.227. The maximum atomic E-state index is 13.7. The van der Waals surface area contributed by atoms with Gasteiger partial charge in [0.25, 0.3) is 0 Å². The number of aromatic nitrogens is 2. The van der Waals surface area contributed by atoms with Crippen molar-refractivity contribution >= 4 is 5.96 Å². The molecule has 0 saturated carbocycles. The molecule has 2 aromatic carbocycles. The standard InChI is InChI=1S/C21H24FN5/c1-2-23-21(25-16-18-6-3-4-7-20(18)22)24-14-12-17-8-10-19(11-9-17)27-15-5-13-26-27/h3-11,13,15H,2,12,14,16H2,1H3,(H2,23,24,25). The number of aliphatic imine (C=N–C) groups is 1. The average Bonchev–Trinajstić information content (AvgIpc) is 3.22. The third-order valence-corrected chi connectivity index (χ3v) is 4.12. The fourth-order valence-corrected chi connectivity index (χ4v) is 2.69. The fourth-order valence-electron chi connectivity index (χ4n) is 2.69. The summed E-state index contributed by atoms with van der Waals surface area (Å²) in [6.45, 7) is 3.81. The molecule has 1 heterocycles. The second-order valence-electron chi connectivity index (χ2n) is 6.08. The lowest BCUT2D eigenvalue weighted by atomic mass is 10.1. The lowest BCUT2D eigenvalue weighted by molar-refractivity contribution is 0.610. The van der Waals surface area contributed by atoms with Crippen LogP contribution in [0.15, 0.2) is 72.0 Å². The molecule has 0 aliphatic heterocycles. The highest BCUT2D eigenvalue weighted by Gasteiger charge is 2.02. The number of nitrogens with one attached hydrogen (secondary N) is 2. The lowest BCUT2D eigenvalue weighted by Gasteiger charge is -2.12. The van der Waals surface area contributed by atoms with Crippen molar-refractivity contribution in [1.29, 1.82) is 0 Å². The summed E-state index contributed by atoms with van der Waals surface area (Å²) in [6.07, 6.45) is 4.55. The third kappa shape index (κ3) is 5.41. The maximum absolute atomic E-state index is 13.7. The van der Waals surface area contributed by atoms with Gasteiger partial charge in [0.1, 0.15) is 5.82 Å². The molecule has 0 aliphatic rings. The zero-order valence-corrected chi connectivity index (χ0v) is 15.4. The van der Waals surface area contributed by atoms with Gasteiger partial charge in [-0.25, -0.2) is 14.1 Å². The molecule has 6 heteroatoms. The van der Waals surface area contributed by atoms with Crippen LogP contribution >= 0.6 is 0 Å². The van der Waals surface area contributed by atoms with Gasteiger partial charge in [0.05, 0.1) is 12.2 Å². The normalized spacial score (nSPS) is 11.4. The largest absolute Gasteiger partial charge is 0.357 e. The monoisotopic (exact) mass is 365 g/mol. The first-order valence-electron chi connectivity index (χ1n) is 9.11. The number of guanidine groups is 1. The maximum Gasteiger partial charge on any atom is 0.191 e. The van der Waals surface area contributed by atoms with Gasteiger partial charge >= 0.3 is 0 Å². The predicted molar refractivity (Wildman–Crippen MR) is 106 cm³/mol. The number of hydrogen-bond acceptors (Lipinski definition) is 2. The number of nitrogens with zero attached hydrogens (tertiary/aromatic N) is 3. The second-order valence-corrected chi connectivity index (χ2v) is 6.08. The Morgan fingerprint density at radius 2 is 1.89 bits per heavy atom. The van der Waals surface area contributed by atoms with Crippen molar-refractivity contribution in [3.8, 4) is 5.69 Å². The SMILES string of the molecule is CCNC(=NCc1ccccc1F)NCCc1ccc(-n2cccn2)cc1. The summed E-state index contributed by atoms with van der Waals surface area (Å²) in [5, 5.41) is 10.7. The number of hydrogen-bond donors (Lipinski definition) is 2. The molecule has 0 aliphatic carbocycles. The molecular formula is C21H24FN5.